The molecule has 5 heteroatoms. The van der Waals surface area contributed by atoms with Crippen LogP contribution in [0.1, 0.15) is 18.9 Å². The topological polar surface area (TPSA) is 56.8 Å². The second-order valence-corrected chi connectivity index (χ2v) is 5.17. The molecule has 2 aromatic rings. The number of hydrogen-bond acceptors (Lipinski definition) is 4. The highest BCUT2D eigenvalue weighted by Gasteiger charge is 2.09. The first-order chi connectivity index (χ1) is 11.7. The average Bonchev–Trinajstić information content (AvgIpc) is 2.61. The Bertz CT molecular complexity index is 685. The number of benzene rings is 2. The molecule has 0 aliphatic rings. The van der Waals surface area contributed by atoms with Crippen molar-refractivity contribution in [2.45, 2.75) is 19.8 Å². The lowest BCUT2D eigenvalue weighted by Gasteiger charge is -2.12. The largest absolute Gasteiger partial charge is 0.495 e. The zero-order valence-corrected chi connectivity index (χ0v) is 14.3. The summed E-state index contributed by atoms with van der Waals surface area (Å²) in [5.74, 6) is 1.97. The van der Waals surface area contributed by atoms with Gasteiger partial charge in [0.15, 0.2) is 11.5 Å². The van der Waals surface area contributed by atoms with E-state index in [0.717, 1.165) is 5.56 Å². The molecule has 5 nitrogen and oxygen atoms in total. The fourth-order valence-corrected chi connectivity index (χ4v) is 2.36. The average molecular weight is 329 g/mol. The van der Waals surface area contributed by atoms with Crippen molar-refractivity contribution in [3.8, 4) is 17.2 Å². The quantitative estimate of drug-likeness (QED) is 0.803. The monoisotopic (exact) mass is 329 g/mol. The summed E-state index contributed by atoms with van der Waals surface area (Å²) >= 11 is 0. The van der Waals surface area contributed by atoms with E-state index in [9.17, 15) is 4.79 Å². The Balaban J connectivity index is 1.96. The molecule has 0 saturated carbocycles. The fraction of sp³-hybridized carbons (Fsp3) is 0.316. The summed E-state index contributed by atoms with van der Waals surface area (Å²) in [4.78, 5) is 12.2. The standard InChI is InChI=1S/C19H23NO4/c1-4-24-17-11-9-14(13-18(17)23-3)10-12-19(21)20-15-7-5-6-8-16(15)22-2/h5-9,11,13H,4,10,12H2,1-3H3,(H,20,21). The van der Waals surface area contributed by atoms with E-state index < -0.39 is 0 Å². The molecule has 0 heterocycles. The third-order valence-corrected chi connectivity index (χ3v) is 3.55. The lowest BCUT2D eigenvalue weighted by molar-refractivity contribution is -0.116. The van der Waals surface area contributed by atoms with Gasteiger partial charge in [-0.25, -0.2) is 0 Å². The van der Waals surface area contributed by atoms with E-state index >= 15 is 0 Å². The van der Waals surface area contributed by atoms with Gasteiger partial charge in [-0.3, -0.25) is 4.79 Å². The first-order valence-corrected chi connectivity index (χ1v) is 7.90. The minimum absolute atomic E-state index is 0.0626. The number of carbonyl (C=O) groups is 1. The highest BCUT2D eigenvalue weighted by atomic mass is 16.5. The number of amides is 1. The number of nitrogens with one attached hydrogen (secondary N) is 1. The normalized spacial score (nSPS) is 10.1. The Morgan fingerprint density at radius 2 is 1.75 bits per heavy atom. The molecule has 24 heavy (non-hydrogen) atoms. The molecule has 0 spiro atoms. The highest BCUT2D eigenvalue weighted by molar-refractivity contribution is 5.92. The van der Waals surface area contributed by atoms with Crippen molar-refractivity contribution in [3.63, 3.8) is 0 Å². The minimum atomic E-state index is -0.0626. The molecule has 2 aromatic carbocycles. The predicted molar refractivity (Wildman–Crippen MR) is 94.1 cm³/mol. The summed E-state index contributed by atoms with van der Waals surface area (Å²) in [5.41, 5.74) is 1.69. The first-order valence-electron chi connectivity index (χ1n) is 7.90. The summed E-state index contributed by atoms with van der Waals surface area (Å²) in [6.07, 6.45) is 0.985. The number of methoxy groups -OCH3 is 2. The lowest BCUT2D eigenvalue weighted by Crippen LogP contribution is -2.13. The molecule has 0 radical (unpaired) electrons. The van der Waals surface area contributed by atoms with Crippen LogP contribution in [0.25, 0.3) is 0 Å². The fourth-order valence-electron chi connectivity index (χ4n) is 2.36. The second kappa shape index (κ2) is 8.82. The van der Waals surface area contributed by atoms with E-state index in [-0.39, 0.29) is 5.91 Å². The number of hydrogen-bond donors (Lipinski definition) is 1. The Kier molecular flexibility index (Phi) is 6.49. The van der Waals surface area contributed by atoms with Gasteiger partial charge in [-0.2, -0.15) is 0 Å². The maximum Gasteiger partial charge on any atom is 0.224 e. The van der Waals surface area contributed by atoms with Gasteiger partial charge in [0.25, 0.3) is 0 Å². The molecule has 0 saturated heterocycles. The van der Waals surface area contributed by atoms with Gasteiger partial charge in [-0.1, -0.05) is 18.2 Å². The molecule has 0 aromatic heterocycles. The van der Waals surface area contributed by atoms with E-state index in [4.69, 9.17) is 14.2 Å². The smallest absolute Gasteiger partial charge is 0.224 e. The molecule has 0 atom stereocenters. The Labute approximate surface area is 142 Å². The summed E-state index contributed by atoms with van der Waals surface area (Å²) in [6.45, 7) is 2.51. The zero-order chi connectivity index (χ0) is 17.4. The van der Waals surface area contributed by atoms with Crippen molar-refractivity contribution in [2.24, 2.45) is 0 Å². The zero-order valence-electron chi connectivity index (χ0n) is 14.3. The maximum atomic E-state index is 12.2. The molecular formula is C19H23NO4. The van der Waals surface area contributed by atoms with E-state index in [1.54, 1.807) is 14.2 Å². The van der Waals surface area contributed by atoms with Crippen LogP contribution in [0.5, 0.6) is 17.2 Å². The molecule has 128 valence electrons. The van der Waals surface area contributed by atoms with Crippen LogP contribution in [-0.4, -0.2) is 26.7 Å². The van der Waals surface area contributed by atoms with Crippen molar-refractivity contribution in [1.29, 1.82) is 0 Å². The summed E-state index contributed by atoms with van der Waals surface area (Å²) in [5, 5.41) is 2.87. The van der Waals surface area contributed by atoms with Gasteiger partial charge >= 0.3 is 0 Å². The van der Waals surface area contributed by atoms with E-state index in [1.165, 1.54) is 0 Å². The highest BCUT2D eigenvalue weighted by Crippen LogP contribution is 2.28. The molecule has 0 unspecified atom stereocenters. The number of ether oxygens (including phenoxy) is 3. The molecule has 2 rings (SSSR count). The van der Waals surface area contributed by atoms with Crippen LogP contribution in [0.4, 0.5) is 5.69 Å². The molecule has 0 fully saturated rings. The van der Waals surface area contributed by atoms with Crippen LogP contribution in [0.3, 0.4) is 0 Å². The summed E-state index contributed by atoms with van der Waals surface area (Å²) in [7, 11) is 3.19. The third-order valence-electron chi connectivity index (χ3n) is 3.55. The molecule has 0 aliphatic carbocycles. The van der Waals surface area contributed by atoms with Gasteiger partial charge in [0.1, 0.15) is 5.75 Å². The van der Waals surface area contributed by atoms with Gasteiger partial charge in [-0.05, 0) is 43.2 Å². The number of anilines is 1. The lowest BCUT2D eigenvalue weighted by atomic mass is 10.1. The molecule has 1 N–H and O–H groups in total. The number of rotatable bonds is 8. The Morgan fingerprint density at radius 3 is 2.46 bits per heavy atom. The maximum absolute atomic E-state index is 12.2. The van der Waals surface area contributed by atoms with Gasteiger partial charge in [0, 0.05) is 6.42 Å². The van der Waals surface area contributed by atoms with Crippen LogP contribution < -0.4 is 19.5 Å². The SMILES string of the molecule is CCOc1ccc(CCC(=O)Nc2ccccc2OC)cc1OC. The van der Waals surface area contributed by atoms with Gasteiger partial charge < -0.3 is 19.5 Å². The molecule has 0 aliphatic heterocycles. The van der Waals surface area contributed by atoms with Crippen LogP contribution in [-0.2, 0) is 11.2 Å². The first kappa shape index (κ1) is 17.7. The number of para-hydroxylation sites is 2. The van der Waals surface area contributed by atoms with E-state index in [2.05, 4.69) is 5.32 Å². The number of aryl methyl sites for hydroxylation is 1. The minimum Gasteiger partial charge on any atom is -0.495 e. The van der Waals surface area contributed by atoms with Crippen molar-refractivity contribution < 1.29 is 19.0 Å². The van der Waals surface area contributed by atoms with Gasteiger partial charge in [0.05, 0.1) is 26.5 Å². The van der Waals surface area contributed by atoms with Crippen LogP contribution in [0.15, 0.2) is 42.5 Å². The van der Waals surface area contributed by atoms with Gasteiger partial charge in [-0.15, -0.1) is 0 Å². The van der Waals surface area contributed by atoms with Crippen LogP contribution in [0, 0.1) is 0 Å². The van der Waals surface area contributed by atoms with Crippen LogP contribution >= 0.6 is 0 Å². The van der Waals surface area contributed by atoms with Crippen LogP contribution in [0.2, 0.25) is 0 Å². The second-order valence-electron chi connectivity index (χ2n) is 5.17. The number of carbonyl (C=O) groups excluding carboxylic acids is 1. The molecule has 0 bridgehead atoms. The van der Waals surface area contributed by atoms with Crippen molar-refractivity contribution in [3.05, 3.63) is 48.0 Å². The third kappa shape index (κ3) is 4.65. The van der Waals surface area contributed by atoms with E-state index in [1.807, 2.05) is 49.4 Å². The van der Waals surface area contributed by atoms with Gasteiger partial charge in [0.2, 0.25) is 5.91 Å². The Hall–Kier alpha value is -2.69. The summed E-state index contributed by atoms with van der Waals surface area (Å²) in [6, 6.07) is 13.1. The van der Waals surface area contributed by atoms with Crippen molar-refractivity contribution in [2.75, 3.05) is 26.1 Å². The Morgan fingerprint density at radius 1 is 1.00 bits per heavy atom. The van der Waals surface area contributed by atoms with Crippen molar-refractivity contribution in [1.82, 2.24) is 0 Å². The van der Waals surface area contributed by atoms with E-state index in [0.29, 0.717) is 42.4 Å². The van der Waals surface area contributed by atoms with Crippen molar-refractivity contribution >= 4 is 11.6 Å². The predicted octanol–water partition coefficient (Wildman–Crippen LogP) is 3.67. The molecule has 1 amide bonds. The summed E-state index contributed by atoms with van der Waals surface area (Å²) < 4.78 is 16.1. The molecular weight excluding hydrogens is 306 g/mol.